The number of likely N-dealkylation sites (tertiary alicyclic amines) is 1. The number of aromatic nitrogens is 1. The summed E-state index contributed by atoms with van der Waals surface area (Å²) in [5.74, 6) is -3.53. The molecule has 3 heterocycles. The molecule has 4 rings (SSSR count). The van der Waals surface area contributed by atoms with Crippen LogP contribution in [-0.2, 0) is 0 Å². The first kappa shape index (κ1) is 26.8. The van der Waals surface area contributed by atoms with E-state index in [1.165, 1.54) is 6.08 Å². The first-order chi connectivity index (χ1) is 17.3. The maximum absolute atomic E-state index is 14.8. The quantitative estimate of drug-likeness (QED) is 0.537. The minimum absolute atomic E-state index is 0.0384. The van der Waals surface area contributed by atoms with Crippen molar-refractivity contribution in [1.82, 2.24) is 14.8 Å². The second-order valence-corrected chi connectivity index (χ2v) is 9.63. The summed E-state index contributed by atoms with van der Waals surface area (Å²) in [6, 6.07) is 0.450. The Hall–Kier alpha value is -3.28. The average Bonchev–Trinajstić information content (AvgIpc) is 3.24. The Labute approximate surface area is 209 Å². The first-order valence-electron chi connectivity index (χ1n) is 11.8. The lowest BCUT2D eigenvalue weighted by Gasteiger charge is -2.32. The monoisotopic (exact) mass is 528 g/mol. The van der Waals surface area contributed by atoms with Crippen LogP contribution in [0.15, 0.2) is 35.3 Å². The molecule has 0 spiro atoms. The van der Waals surface area contributed by atoms with E-state index in [0.29, 0.717) is 19.0 Å². The molecule has 1 aromatic carbocycles. The first-order valence-corrected chi connectivity index (χ1v) is 11.8. The molecule has 12 heteroatoms. The Morgan fingerprint density at radius 2 is 1.97 bits per heavy atom. The molecule has 1 amide bonds. The van der Waals surface area contributed by atoms with Gasteiger partial charge in [-0.2, -0.15) is 13.2 Å². The topological polar surface area (TPSA) is 66.4 Å². The average molecular weight is 528 g/mol. The molecule has 37 heavy (non-hydrogen) atoms. The summed E-state index contributed by atoms with van der Waals surface area (Å²) in [6.45, 7) is 3.67. The van der Waals surface area contributed by atoms with Crippen LogP contribution >= 0.6 is 0 Å². The number of rotatable bonds is 6. The van der Waals surface area contributed by atoms with Gasteiger partial charge in [0.05, 0.1) is 11.3 Å². The normalized spacial score (nSPS) is 20.6. The van der Waals surface area contributed by atoms with E-state index in [2.05, 4.69) is 5.32 Å². The van der Waals surface area contributed by atoms with Crippen molar-refractivity contribution < 1.29 is 31.1 Å². The molecule has 2 aromatic rings. The fraction of sp³-hybridized carbons (Fsp3) is 0.440. The van der Waals surface area contributed by atoms with E-state index < -0.39 is 65.4 Å². The van der Waals surface area contributed by atoms with Crippen LogP contribution in [0, 0.1) is 17.6 Å². The lowest BCUT2D eigenvalue weighted by Crippen LogP contribution is -2.47. The number of carbonyl (C=O) groups excluding carboxylic acids is 1. The largest absolute Gasteiger partial charge is 0.408 e. The molecular formula is C25H26F6N4O2. The number of nitrogens with one attached hydrogen (secondary N) is 2. The van der Waals surface area contributed by atoms with E-state index >= 15 is 0 Å². The van der Waals surface area contributed by atoms with Gasteiger partial charge in [-0.25, -0.2) is 13.2 Å². The highest BCUT2D eigenvalue weighted by atomic mass is 19.4. The molecule has 1 saturated heterocycles. The summed E-state index contributed by atoms with van der Waals surface area (Å²) in [4.78, 5) is 28.0. The second-order valence-electron chi connectivity index (χ2n) is 9.63. The van der Waals surface area contributed by atoms with E-state index in [1.54, 1.807) is 24.8 Å². The zero-order valence-corrected chi connectivity index (χ0v) is 20.1. The van der Waals surface area contributed by atoms with E-state index in [-0.39, 0.29) is 23.6 Å². The van der Waals surface area contributed by atoms with Crippen molar-refractivity contribution >= 4 is 17.8 Å². The lowest BCUT2D eigenvalue weighted by molar-refractivity contribution is -0.156. The summed E-state index contributed by atoms with van der Waals surface area (Å²) in [5.41, 5.74) is -1.86. The van der Waals surface area contributed by atoms with Crippen molar-refractivity contribution in [2.45, 2.75) is 51.2 Å². The molecule has 0 radical (unpaired) electrons. The van der Waals surface area contributed by atoms with Gasteiger partial charge >= 0.3 is 6.18 Å². The predicted molar refractivity (Wildman–Crippen MR) is 126 cm³/mol. The van der Waals surface area contributed by atoms with Gasteiger partial charge in [0.25, 0.3) is 5.91 Å². The van der Waals surface area contributed by atoms with Crippen LogP contribution < -0.4 is 16.1 Å². The van der Waals surface area contributed by atoms with Crippen LogP contribution in [0.25, 0.3) is 11.8 Å². The van der Waals surface area contributed by atoms with Crippen LogP contribution in [0.5, 0.6) is 0 Å². The van der Waals surface area contributed by atoms with E-state index in [1.807, 2.05) is 5.32 Å². The molecule has 2 aliphatic rings. The Bertz CT molecular complexity index is 1270. The zero-order valence-electron chi connectivity index (χ0n) is 20.1. The van der Waals surface area contributed by atoms with Crippen LogP contribution in [0.3, 0.4) is 0 Å². The number of halogens is 6. The summed E-state index contributed by atoms with van der Waals surface area (Å²) in [7, 11) is 0. The molecule has 1 fully saturated rings. The zero-order chi connectivity index (χ0) is 27.1. The number of nitrogens with zero attached hydrogens (tertiary/aromatic N) is 2. The number of benzene rings is 1. The highest BCUT2D eigenvalue weighted by Crippen LogP contribution is 2.30. The minimum Gasteiger partial charge on any atom is -0.352 e. The van der Waals surface area contributed by atoms with E-state index in [9.17, 15) is 35.9 Å². The smallest absolute Gasteiger partial charge is 0.352 e. The number of fused-ring (bicyclic) bond motifs is 1. The van der Waals surface area contributed by atoms with Crippen molar-refractivity contribution in [2.75, 3.05) is 18.4 Å². The summed E-state index contributed by atoms with van der Waals surface area (Å²) in [6.07, 6.45) is -2.59. The van der Waals surface area contributed by atoms with Gasteiger partial charge in [-0.15, -0.1) is 0 Å². The molecule has 2 N–H and O–H groups in total. The Morgan fingerprint density at radius 3 is 2.57 bits per heavy atom. The van der Waals surface area contributed by atoms with Crippen molar-refractivity contribution in [3.05, 3.63) is 63.5 Å². The van der Waals surface area contributed by atoms with Crippen molar-refractivity contribution in [1.29, 1.82) is 0 Å². The number of hydrogen-bond acceptors (Lipinski definition) is 4. The number of carbonyl (C=O) groups is 1. The molecule has 200 valence electrons. The van der Waals surface area contributed by atoms with Gasteiger partial charge < -0.3 is 10.6 Å². The summed E-state index contributed by atoms with van der Waals surface area (Å²) >= 11 is 0. The van der Waals surface area contributed by atoms with Gasteiger partial charge in [0.2, 0.25) is 5.43 Å². The molecule has 2 aliphatic heterocycles. The predicted octanol–water partition coefficient (Wildman–Crippen LogP) is 4.63. The highest BCUT2D eigenvalue weighted by molar-refractivity contribution is 5.95. The maximum atomic E-state index is 14.8. The third kappa shape index (κ3) is 5.68. The molecule has 1 aromatic heterocycles. The van der Waals surface area contributed by atoms with E-state index in [0.717, 1.165) is 22.9 Å². The van der Waals surface area contributed by atoms with Crippen molar-refractivity contribution in [2.24, 2.45) is 5.92 Å². The molecule has 2 unspecified atom stereocenters. The Kier molecular flexibility index (Phi) is 7.40. The van der Waals surface area contributed by atoms with Gasteiger partial charge in [0.1, 0.15) is 41.4 Å². The number of amides is 1. The standard InChI is InChI=1S/C25H26F6N4O2/c1-13(2)9-20(25(29,30)31)32-24(37)17-12-35(19-5-3-14(26)10-18(19)28)23-16(22(17)36)4-6-21(33-23)34-8-7-15(27)11-34/h3-6,10,12-13,15,20-21,33H,7-9,11H2,1-2H3,(H,32,37)/t15-,20?,21?/m0/s1. The maximum Gasteiger partial charge on any atom is 0.408 e. The van der Waals surface area contributed by atoms with Crippen LogP contribution in [-0.4, -0.2) is 53.0 Å². The van der Waals surface area contributed by atoms with E-state index in [4.69, 9.17) is 0 Å². The number of anilines is 1. The number of alkyl halides is 4. The summed E-state index contributed by atoms with van der Waals surface area (Å²) < 4.78 is 83.9. The number of hydrogen-bond donors (Lipinski definition) is 2. The highest BCUT2D eigenvalue weighted by Gasteiger charge is 2.41. The Balaban J connectivity index is 1.80. The molecule has 0 saturated carbocycles. The lowest BCUT2D eigenvalue weighted by atomic mass is 10.0. The molecular weight excluding hydrogens is 502 g/mol. The van der Waals surface area contributed by atoms with Crippen LogP contribution in [0.4, 0.5) is 32.2 Å². The van der Waals surface area contributed by atoms with Crippen LogP contribution in [0.2, 0.25) is 0 Å². The molecule has 0 aliphatic carbocycles. The SMILES string of the molecule is CC(C)CC(NC(=O)c1cn(-c2ccc(F)cc2F)c2c(c1=O)C=CC(N1CC[C@H](F)C1)N2)C(F)(F)F. The van der Waals surface area contributed by atoms with Gasteiger partial charge in [0, 0.05) is 25.4 Å². The Morgan fingerprint density at radius 1 is 1.24 bits per heavy atom. The molecule has 6 nitrogen and oxygen atoms in total. The van der Waals surface area contributed by atoms with Gasteiger partial charge in [-0.1, -0.05) is 13.8 Å². The fourth-order valence-corrected chi connectivity index (χ4v) is 4.53. The minimum atomic E-state index is -4.76. The third-order valence-electron chi connectivity index (χ3n) is 6.35. The number of pyridine rings is 1. The van der Waals surface area contributed by atoms with Crippen LogP contribution in [0.1, 0.15) is 42.6 Å². The fourth-order valence-electron chi connectivity index (χ4n) is 4.53. The third-order valence-corrected chi connectivity index (χ3v) is 6.35. The molecule has 0 bridgehead atoms. The van der Waals surface area contributed by atoms with Crippen molar-refractivity contribution in [3.63, 3.8) is 0 Å². The second kappa shape index (κ2) is 10.2. The summed E-state index contributed by atoms with van der Waals surface area (Å²) in [5, 5.41) is 4.92. The van der Waals surface area contributed by atoms with Crippen molar-refractivity contribution in [3.8, 4) is 5.69 Å². The van der Waals surface area contributed by atoms with Gasteiger partial charge in [-0.05, 0) is 43.0 Å². The van der Waals surface area contributed by atoms with Gasteiger partial charge in [0.15, 0.2) is 0 Å². The van der Waals surface area contributed by atoms with Gasteiger partial charge in [-0.3, -0.25) is 19.1 Å². The molecule has 3 atom stereocenters.